The fraction of sp³-hybridized carbons (Fsp3) is 1.00. The average molecular weight is 173 g/mol. The number of rotatable bonds is 2. The minimum absolute atomic E-state index is 0.458. The smallest absolute Gasteiger partial charge is 0.114 e. The molecule has 0 spiro atoms. The molecule has 2 atom stereocenters. The number of alkyl halides is 1. The summed E-state index contributed by atoms with van der Waals surface area (Å²) in [4.78, 5) is 2.29. The van der Waals surface area contributed by atoms with Crippen LogP contribution in [0.5, 0.6) is 0 Å². The third-order valence-corrected chi connectivity index (χ3v) is 2.76. The first-order valence-electron chi connectivity index (χ1n) is 4.92. The van der Waals surface area contributed by atoms with E-state index in [1.807, 2.05) is 0 Å². The van der Waals surface area contributed by atoms with Crippen molar-refractivity contribution in [3.8, 4) is 0 Å². The Kier molecular flexibility index (Phi) is 3.10. The van der Waals surface area contributed by atoms with Crippen molar-refractivity contribution in [3.63, 3.8) is 0 Å². The van der Waals surface area contributed by atoms with Gasteiger partial charge >= 0.3 is 0 Å². The molecule has 0 amide bonds. The van der Waals surface area contributed by atoms with Crippen molar-refractivity contribution in [3.05, 3.63) is 0 Å². The van der Waals surface area contributed by atoms with Crippen molar-refractivity contribution in [1.82, 2.24) is 4.90 Å². The SMILES string of the molecule is CC(C)C1C[C@H](F)CN1C(C)C. The van der Waals surface area contributed by atoms with E-state index in [2.05, 4.69) is 32.6 Å². The highest BCUT2D eigenvalue weighted by Crippen LogP contribution is 2.27. The Morgan fingerprint density at radius 3 is 2.17 bits per heavy atom. The number of nitrogens with zero attached hydrogens (tertiary/aromatic N) is 1. The normalized spacial score (nSPS) is 32.2. The molecule has 0 bridgehead atoms. The molecule has 1 unspecified atom stereocenters. The first kappa shape index (κ1) is 9.97. The zero-order valence-corrected chi connectivity index (χ0v) is 8.55. The van der Waals surface area contributed by atoms with Gasteiger partial charge in [-0.15, -0.1) is 0 Å². The zero-order chi connectivity index (χ0) is 9.30. The lowest BCUT2D eigenvalue weighted by Crippen LogP contribution is -2.38. The maximum absolute atomic E-state index is 13.1. The predicted octanol–water partition coefficient (Wildman–Crippen LogP) is 2.46. The third-order valence-electron chi connectivity index (χ3n) is 2.76. The van der Waals surface area contributed by atoms with E-state index in [-0.39, 0.29) is 0 Å². The Hall–Kier alpha value is -0.110. The summed E-state index contributed by atoms with van der Waals surface area (Å²) in [6.45, 7) is 9.29. The molecule has 0 aliphatic carbocycles. The van der Waals surface area contributed by atoms with Gasteiger partial charge in [0, 0.05) is 18.6 Å². The van der Waals surface area contributed by atoms with Crippen molar-refractivity contribution in [1.29, 1.82) is 0 Å². The van der Waals surface area contributed by atoms with Crippen LogP contribution in [0.25, 0.3) is 0 Å². The van der Waals surface area contributed by atoms with Gasteiger partial charge in [0.2, 0.25) is 0 Å². The topological polar surface area (TPSA) is 3.24 Å². The van der Waals surface area contributed by atoms with Crippen LogP contribution in [-0.2, 0) is 0 Å². The van der Waals surface area contributed by atoms with Gasteiger partial charge in [-0.05, 0) is 26.2 Å². The molecule has 1 aliphatic rings. The van der Waals surface area contributed by atoms with Crippen molar-refractivity contribution in [2.45, 2.75) is 52.4 Å². The summed E-state index contributed by atoms with van der Waals surface area (Å²) in [6.07, 6.45) is 0.135. The summed E-state index contributed by atoms with van der Waals surface area (Å²) >= 11 is 0. The molecule has 0 aromatic heterocycles. The Labute approximate surface area is 74.9 Å². The van der Waals surface area contributed by atoms with Crippen molar-refractivity contribution >= 4 is 0 Å². The largest absolute Gasteiger partial charge is 0.295 e. The summed E-state index contributed by atoms with van der Waals surface area (Å²) in [5.74, 6) is 0.577. The second-order valence-corrected chi connectivity index (χ2v) is 4.43. The molecule has 12 heavy (non-hydrogen) atoms. The number of hydrogen-bond donors (Lipinski definition) is 0. The molecular weight excluding hydrogens is 153 g/mol. The number of hydrogen-bond acceptors (Lipinski definition) is 1. The molecule has 0 aromatic rings. The van der Waals surface area contributed by atoms with E-state index in [1.165, 1.54) is 0 Å². The van der Waals surface area contributed by atoms with E-state index >= 15 is 0 Å². The standard InChI is InChI=1S/C10H20FN/c1-7(2)10-5-9(11)6-12(10)8(3)4/h7-10H,5-6H2,1-4H3/t9-,10?/m0/s1. The predicted molar refractivity (Wildman–Crippen MR) is 50.0 cm³/mol. The van der Waals surface area contributed by atoms with Crippen LogP contribution in [0.1, 0.15) is 34.1 Å². The third kappa shape index (κ3) is 1.98. The first-order chi connectivity index (χ1) is 5.52. The van der Waals surface area contributed by atoms with Crippen LogP contribution in [0.4, 0.5) is 4.39 Å². The summed E-state index contributed by atoms with van der Waals surface area (Å²) in [7, 11) is 0. The molecule has 1 heterocycles. The number of halogens is 1. The summed E-state index contributed by atoms with van der Waals surface area (Å²) in [5.41, 5.74) is 0. The lowest BCUT2D eigenvalue weighted by atomic mass is 10.0. The van der Waals surface area contributed by atoms with Crippen LogP contribution in [0.15, 0.2) is 0 Å². The van der Waals surface area contributed by atoms with E-state index in [0.29, 0.717) is 24.5 Å². The van der Waals surface area contributed by atoms with Gasteiger partial charge in [0.15, 0.2) is 0 Å². The minimum Gasteiger partial charge on any atom is -0.295 e. The molecule has 1 saturated heterocycles. The lowest BCUT2D eigenvalue weighted by Gasteiger charge is -2.30. The quantitative estimate of drug-likeness (QED) is 0.620. The summed E-state index contributed by atoms with van der Waals surface area (Å²) < 4.78 is 13.1. The van der Waals surface area contributed by atoms with Gasteiger partial charge in [0.1, 0.15) is 6.17 Å². The van der Waals surface area contributed by atoms with Crippen molar-refractivity contribution in [2.24, 2.45) is 5.92 Å². The summed E-state index contributed by atoms with van der Waals surface area (Å²) in [5, 5.41) is 0. The minimum atomic E-state index is -0.597. The van der Waals surface area contributed by atoms with Crippen LogP contribution < -0.4 is 0 Å². The van der Waals surface area contributed by atoms with Crippen LogP contribution in [0.3, 0.4) is 0 Å². The second-order valence-electron chi connectivity index (χ2n) is 4.43. The van der Waals surface area contributed by atoms with Crippen LogP contribution >= 0.6 is 0 Å². The second kappa shape index (κ2) is 3.73. The lowest BCUT2D eigenvalue weighted by molar-refractivity contribution is 0.162. The van der Waals surface area contributed by atoms with Gasteiger partial charge in [-0.3, -0.25) is 4.90 Å². The highest BCUT2D eigenvalue weighted by molar-refractivity contribution is 4.88. The molecule has 0 N–H and O–H groups in total. The number of likely N-dealkylation sites (tertiary alicyclic amines) is 1. The molecule has 0 radical (unpaired) electrons. The van der Waals surface area contributed by atoms with Gasteiger partial charge in [0.05, 0.1) is 0 Å². The Morgan fingerprint density at radius 1 is 1.25 bits per heavy atom. The van der Waals surface area contributed by atoms with Crippen LogP contribution in [-0.4, -0.2) is 29.7 Å². The van der Waals surface area contributed by atoms with Gasteiger partial charge in [0.25, 0.3) is 0 Å². The Morgan fingerprint density at radius 2 is 1.83 bits per heavy atom. The molecule has 1 nitrogen and oxygen atoms in total. The summed E-state index contributed by atoms with van der Waals surface area (Å²) in [6, 6.07) is 0.943. The monoisotopic (exact) mass is 173 g/mol. The van der Waals surface area contributed by atoms with Gasteiger partial charge in [-0.2, -0.15) is 0 Å². The Bertz CT molecular complexity index is 129. The molecular formula is C10H20FN. The maximum atomic E-state index is 13.1. The highest BCUT2D eigenvalue weighted by Gasteiger charge is 2.34. The van der Waals surface area contributed by atoms with E-state index in [0.717, 1.165) is 6.42 Å². The highest BCUT2D eigenvalue weighted by atomic mass is 19.1. The van der Waals surface area contributed by atoms with Crippen LogP contribution in [0.2, 0.25) is 0 Å². The molecule has 0 aromatic carbocycles. The van der Waals surface area contributed by atoms with Gasteiger partial charge < -0.3 is 0 Å². The van der Waals surface area contributed by atoms with Crippen molar-refractivity contribution in [2.75, 3.05) is 6.54 Å². The first-order valence-corrected chi connectivity index (χ1v) is 4.92. The van der Waals surface area contributed by atoms with E-state index in [1.54, 1.807) is 0 Å². The van der Waals surface area contributed by atoms with E-state index in [9.17, 15) is 4.39 Å². The zero-order valence-electron chi connectivity index (χ0n) is 8.55. The molecule has 72 valence electrons. The van der Waals surface area contributed by atoms with Crippen molar-refractivity contribution < 1.29 is 4.39 Å². The molecule has 1 fully saturated rings. The van der Waals surface area contributed by atoms with E-state index in [4.69, 9.17) is 0 Å². The average Bonchev–Trinajstić information content (AvgIpc) is 2.31. The fourth-order valence-electron chi connectivity index (χ4n) is 2.08. The van der Waals surface area contributed by atoms with Crippen LogP contribution in [0, 0.1) is 5.92 Å². The maximum Gasteiger partial charge on any atom is 0.114 e. The van der Waals surface area contributed by atoms with Gasteiger partial charge in [-0.1, -0.05) is 13.8 Å². The van der Waals surface area contributed by atoms with Gasteiger partial charge in [-0.25, -0.2) is 4.39 Å². The van der Waals surface area contributed by atoms with E-state index < -0.39 is 6.17 Å². The molecule has 0 saturated carbocycles. The molecule has 1 aliphatic heterocycles. The molecule has 1 rings (SSSR count). The Balaban J connectivity index is 2.59. The molecule has 2 heteroatoms. The fourth-order valence-corrected chi connectivity index (χ4v) is 2.08.